The first-order valence-electron chi connectivity index (χ1n) is 7.23. The van der Waals surface area contributed by atoms with Gasteiger partial charge in [-0.25, -0.2) is 4.68 Å². The molecule has 0 saturated heterocycles. The van der Waals surface area contributed by atoms with Gasteiger partial charge in [0.15, 0.2) is 0 Å². The summed E-state index contributed by atoms with van der Waals surface area (Å²) >= 11 is 0. The van der Waals surface area contributed by atoms with Gasteiger partial charge in [-0.15, -0.1) is 0 Å². The molecule has 5 nitrogen and oxygen atoms in total. The number of nitrogens with zero attached hydrogens (tertiary/aromatic N) is 2. The Kier molecular flexibility index (Phi) is 4.85. The van der Waals surface area contributed by atoms with Crippen LogP contribution in [0.1, 0.15) is 37.4 Å². The third kappa shape index (κ3) is 3.19. The summed E-state index contributed by atoms with van der Waals surface area (Å²) in [6.07, 6.45) is 1.75. The number of nitrogens with two attached hydrogens (primary N) is 1. The van der Waals surface area contributed by atoms with Crippen molar-refractivity contribution in [1.29, 1.82) is 0 Å². The fourth-order valence-corrected chi connectivity index (χ4v) is 2.41. The van der Waals surface area contributed by atoms with E-state index in [-0.39, 0.29) is 5.75 Å². The minimum atomic E-state index is 0.234. The first-order valence-corrected chi connectivity index (χ1v) is 7.23. The van der Waals surface area contributed by atoms with E-state index in [1.54, 1.807) is 23.9 Å². The number of phenolic OH excluding ortho intramolecular Hbond substituents is 1. The van der Waals surface area contributed by atoms with Crippen molar-refractivity contribution >= 4 is 0 Å². The first-order chi connectivity index (χ1) is 10.1. The molecule has 0 radical (unpaired) electrons. The lowest BCUT2D eigenvalue weighted by Gasteiger charge is -2.08. The highest BCUT2D eigenvalue weighted by Gasteiger charge is 2.21. The van der Waals surface area contributed by atoms with Gasteiger partial charge in [0.05, 0.1) is 18.5 Å². The summed E-state index contributed by atoms with van der Waals surface area (Å²) in [6.45, 7) is 4.88. The average molecular weight is 289 g/mol. The van der Waals surface area contributed by atoms with E-state index in [1.807, 2.05) is 12.1 Å². The standard InChI is InChI=1S/C16H23N3O2/c1-11(2)15-14(5-4-10-17)16(21-3)19(18-15)12-6-8-13(20)9-7-12/h6-9,11,20H,4-5,10,17H2,1-3H3. The first kappa shape index (κ1) is 15.4. The zero-order valence-electron chi connectivity index (χ0n) is 12.8. The van der Waals surface area contributed by atoms with E-state index in [9.17, 15) is 5.11 Å². The highest BCUT2D eigenvalue weighted by molar-refractivity contribution is 5.44. The Balaban J connectivity index is 2.52. The molecule has 0 fully saturated rings. The molecule has 0 aliphatic rings. The van der Waals surface area contributed by atoms with E-state index < -0.39 is 0 Å². The van der Waals surface area contributed by atoms with E-state index >= 15 is 0 Å². The monoisotopic (exact) mass is 289 g/mol. The summed E-state index contributed by atoms with van der Waals surface area (Å²) in [5.74, 6) is 1.29. The largest absolute Gasteiger partial charge is 0.508 e. The van der Waals surface area contributed by atoms with Gasteiger partial charge >= 0.3 is 0 Å². The fraction of sp³-hybridized carbons (Fsp3) is 0.438. The number of phenols is 1. The Labute approximate surface area is 125 Å². The number of rotatable bonds is 6. The van der Waals surface area contributed by atoms with Gasteiger partial charge in [0.2, 0.25) is 5.88 Å². The van der Waals surface area contributed by atoms with Crippen LogP contribution in [0.15, 0.2) is 24.3 Å². The maximum absolute atomic E-state index is 9.42. The van der Waals surface area contributed by atoms with Crippen molar-refractivity contribution in [2.45, 2.75) is 32.6 Å². The Morgan fingerprint density at radius 1 is 1.29 bits per heavy atom. The van der Waals surface area contributed by atoms with E-state index in [0.717, 1.165) is 35.7 Å². The molecule has 2 aromatic rings. The third-order valence-corrected chi connectivity index (χ3v) is 3.43. The molecule has 0 saturated carbocycles. The zero-order valence-corrected chi connectivity index (χ0v) is 12.8. The van der Waals surface area contributed by atoms with Gasteiger partial charge in [0.1, 0.15) is 5.75 Å². The minimum Gasteiger partial charge on any atom is -0.508 e. The normalized spacial score (nSPS) is 11.1. The van der Waals surface area contributed by atoms with Crippen LogP contribution in [-0.4, -0.2) is 28.5 Å². The van der Waals surface area contributed by atoms with Crippen molar-refractivity contribution in [3.8, 4) is 17.3 Å². The fourth-order valence-electron chi connectivity index (χ4n) is 2.41. The van der Waals surface area contributed by atoms with Crippen LogP contribution in [0, 0.1) is 0 Å². The number of aromatic hydroxyl groups is 1. The molecule has 3 N–H and O–H groups in total. The SMILES string of the molecule is COc1c(CCCN)c(C(C)C)nn1-c1ccc(O)cc1. The molecule has 5 heteroatoms. The van der Waals surface area contributed by atoms with Gasteiger partial charge in [0.25, 0.3) is 0 Å². The molecule has 0 bridgehead atoms. The quantitative estimate of drug-likeness (QED) is 0.857. The summed E-state index contributed by atoms with van der Waals surface area (Å²) in [5.41, 5.74) is 8.65. The number of ether oxygens (including phenoxy) is 1. The van der Waals surface area contributed by atoms with Crippen molar-refractivity contribution in [3.05, 3.63) is 35.5 Å². The van der Waals surface area contributed by atoms with Gasteiger partial charge in [-0.1, -0.05) is 13.8 Å². The van der Waals surface area contributed by atoms with Crippen molar-refractivity contribution in [2.24, 2.45) is 5.73 Å². The summed E-state index contributed by atoms with van der Waals surface area (Å²) in [6, 6.07) is 6.93. The minimum absolute atomic E-state index is 0.234. The molecular formula is C16H23N3O2. The summed E-state index contributed by atoms with van der Waals surface area (Å²) in [4.78, 5) is 0. The molecule has 1 aromatic heterocycles. The van der Waals surface area contributed by atoms with Crippen LogP contribution in [0.2, 0.25) is 0 Å². The lowest BCUT2D eigenvalue weighted by molar-refractivity contribution is 0.379. The molecule has 2 rings (SSSR count). The van der Waals surface area contributed by atoms with Gasteiger partial charge in [-0.2, -0.15) is 5.10 Å². The molecule has 0 aliphatic carbocycles. The van der Waals surface area contributed by atoms with Crippen molar-refractivity contribution in [1.82, 2.24) is 9.78 Å². The Hall–Kier alpha value is -2.01. The van der Waals surface area contributed by atoms with E-state index in [4.69, 9.17) is 15.6 Å². The second-order valence-corrected chi connectivity index (χ2v) is 5.35. The van der Waals surface area contributed by atoms with Gasteiger partial charge in [0, 0.05) is 5.56 Å². The van der Waals surface area contributed by atoms with Crippen LogP contribution in [0.3, 0.4) is 0 Å². The third-order valence-electron chi connectivity index (χ3n) is 3.43. The van der Waals surface area contributed by atoms with Crippen molar-refractivity contribution in [3.63, 3.8) is 0 Å². The summed E-state index contributed by atoms with van der Waals surface area (Å²) in [5, 5.41) is 14.1. The van der Waals surface area contributed by atoms with E-state index in [1.165, 1.54) is 0 Å². The molecule has 1 heterocycles. The highest BCUT2D eigenvalue weighted by atomic mass is 16.5. The molecule has 0 unspecified atom stereocenters. The summed E-state index contributed by atoms with van der Waals surface area (Å²) < 4.78 is 7.38. The molecule has 0 amide bonds. The van der Waals surface area contributed by atoms with E-state index in [2.05, 4.69) is 13.8 Å². The molecule has 0 spiro atoms. The number of benzene rings is 1. The molecule has 114 valence electrons. The number of aromatic nitrogens is 2. The smallest absolute Gasteiger partial charge is 0.219 e. The van der Waals surface area contributed by atoms with Crippen molar-refractivity contribution in [2.75, 3.05) is 13.7 Å². The number of hydrogen-bond donors (Lipinski definition) is 2. The van der Waals surface area contributed by atoms with Crippen molar-refractivity contribution < 1.29 is 9.84 Å². The Morgan fingerprint density at radius 2 is 1.95 bits per heavy atom. The maximum Gasteiger partial charge on any atom is 0.219 e. The molecule has 1 aromatic carbocycles. The lowest BCUT2D eigenvalue weighted by Crippen LogP contribution is -2.03. The predicted molar refractivity (Wildman–Crippen MR) is 83.2 cm³/mol. The molecule has 0 aliphatic heterocycles. The van der Waals surface area contributed by atoms with Crippen LogP contribution in [-0.2, 0) is 6.42 Å². The van der Waals surface area contributed by atoms with Crippen LogP contribution in [0.5, 0.6) is 11.6 Å². The molecule has 0 atom stereocenters. The van der Waals surface area contributed by atoms with Crippen LogP contribution >= 0.6 is 0 Å². The van der Waals surface area contributed by atoms with Gasteiger partial charge < -0.3 is 15.6 Å². The summed E-state index contributed by atoms with van der Waals surface area (Å²) in [7, 11) is 1.66. The predicted octanol–water partition coefficient (Wildman–Crippen LogP) is 2.60. The van der Waals surface area contributed by atoms with Crippen LogP contribution < -0.4 is 10.5 Å². The second-order valence-electron chi connectivity index (χ2n) is 5.35. The molecule has 21 heavy (non-hydrogen) atoms. The Bertz CT molecular complexity index is 588. The van der Waals surface area contributed by atoms with Crippen LogP contribution in [0.25, 0.3) is 5.69 Å². The molecular weight excluding hydrogens is 266 g/mol. The van der Waals surface area contributed by atoms with Crippen LogP contribution in [0.4, 0.5) is 0 Å². The lowest BCUT2D eigenvalue weighted by atomic mass is 10.0. The average Bonchev–Trinajstić information content (AvgIpc) is 2.84. The topological polar surface area (TPSA) is 73.3 Å². The Morgan fingerprint density at radius 3 is 2.48 bits per heavy atom. The number of hydrogen-bond acceptors (Lipinski definition) is 4. The number of methoxy groups -OCH3 is 1. The maximum atomic E-state index is 9.42. The highest BCUT2D eigenvalue weighted by Crippen LogP contribution is 2.31. The van der Waals surface area contributed by atoms with Gasteiger partial charge in [-0.05, 0) is 49.6 Å². The second kappa shape index (κ2) is 6.63. The van der Waals surface area contributed by atoms with Gasteiger partial charge in [-0.3, -0.25) is 0 Å². The zero-order chi connectivity index (χ0) is 15.4. The van der Waals surface area contributed by atoms with E-state index in [0.29, 0.717) is 12.5 Å².